The molecule has 3 aliphatic rings. The number of thioether (sulfide) groups is 1. The summed E-state index contributed by atoms with van der Waals surface area (Å²) >= 11 is 7.73. The number of hydrogen-bond acceptors (Lipinski definition) is 7. The lowest BCUT2D eigenvalue weighted by atomic mass is 10.1. The lowest BCUT2D eigenvalue weighted by Gasteiger charge is -2.20. The zero-order chi connectivity index (χ0) is 23.5. The summed E-state index contributed by atoms with van der Waals surface area (Å²) < 4.78 is 11.3. The van der Waals surface area contributed by atoms with Crippen LogP contribution in [0.25, 0.3) is 6.08 Å². The van der Waals surface area contributed by atoms with E-state index in [1.165, 1.54) is 16.8 Å². The number of carbonyl (C=O) groups is 1. The maximum absolute atomic E-state index is 12.7. The number of amides is 1. The predicted octanol–water partition coefficient (Wildman–Crippen LogP) is 4.47. The van der Waals surface area contributed by atoms with Crippen LogP contribution in [0.4, 0.5) is 0 Å². The molecule has 0 aliphatic carbocycles. The second kappa shape index (κ2) is 9.90. The van der Waals surface area contributed by atoms with E-state index in [2.05, 4.69) is 15.0 Å². The molecule has 1 fully saturated rings. The van der Waals surface area contributed by atoms with Gasteiger partial charge in [-0.3, -0.25) is 10.2 Å². The summed E-state index contributed by atoms with van der Waals surface area (Å²) in [4.78, 5) is 19.0. The number of aliphatic imine (C=N–C) groups is 1. The van der Waals surface area contributed by atoms with Crippen LogP contribution in [-0.2, 0) is 4.79 Å². The number of carbonyl (C=O) groups excluding carboxylic acids is 1. The molecule has 0 saturated carbocycles. The number of amidine groups is 3. The van der Waals surface area contributed by atoms with Crippen molar-refractivity contribution < 1.29 is 14.3 Å². The normalized spacial score (nSPS) is 18.8. The molecule has 8 nitrogen and oxygen atoms in total. The first-order chi connectivity index (χ1) is 16.6. The molecule has 2 aromatic rings. The molecule has 0 atom stereocenters. The van der Waals surface area contributed by atoms with Gasteiger partial charge in [-0.05, 0) is 60.5 Å². The molecular weight excluding hydrogens is 474 g/mol. The molecule has 34 heavy (non-hydrogen) atoms. The molecule has 0 radical (unpaired) electrons. The van der Waals surface area contributed by atoms with Crippen LogP contribution in [-0.4, -0.2) is 58.3 Å². The van der Waals surface area contributed by atoms with Crippen molar-refractivity contribution in [3.8, 4) is 11.5 Å². The van der Waals surface area contributed by atoms with E-state index in [9.17, 15) is 4.79 Å². The second-order valence-corrected chi connectivity index (χ2v) is 9.14. The lowest BCUT2D eigenvalue weighted by molar-refractivity contribution is -0.114. The minimum absolute atomic E-state index is 0.00575. The maximum atomic E-state index is 12.7. The largest absolute Gasteiger partial charge is 0.490 e. The summed E-state index contributed by atoms with van der Waals surface area (Å²) in [5, 5.41) is 16.1. The zero-order valence-electron chi connectivity index (χ0n) is 18.2. The van der Waals surface area contributed by atoms with E-state index in [4.69, 9.17) is 26.5 Å². The lowest BCUT2D eigenvalue weighted by Crippen LogP contribution is -2.35. The van der Waals surface area contributed by atoms with Crippen LogP contribution in [0.1, 0.15) is 18.4 Å². The number of nitrogens with zero attached hydrogens (tertiary/aromatic N) is 4. The van der Waals surface area contributed by atoms with Crippen LogP contribution in [0.15, 0.2) is 64.2 Å². The maximum Gasteiger partial charge on any atom is 0.283 e. The Bertz CT molecular complexity index is 1210. The average Bonchev–Trinajstić information content (AvgIpc) is 3.51. The SMILES string of the molecule is N=C1/C(=C/c2ccc(OCCOc3ccccc3)c(Cl)c2)C(=O)N=C2SC(N3CCCC3)=NN12. The number of halogens is 1. The molecule has 0 bridgehead atoms. The molecule has 1 amide bonds. The van der Waals surface area contributed by atoms with Crippen LogP contribution in [0, 0.1) is 5.41 Å². The number of likely N-dealkylation sites (tertiary alicyclic amines) is 1. The van der Waals surface area contributed by atoms with Gasteiger partial charge in [0.25, 0.3) is 5.91 Å². The van der Waals surface area contributed by atoms with Gasteiger partial charge in [0.2, 0.25) is 5.17 Å². The Kier molecular flexibility index (Phi) is 6.55. The van der Waals surface area contributed by atoms with E-state index >= 15 is 0 Å². The van der Waals surface area contributed by atoms with E-state index in [0.717, 1.165) is 36.8 Å². The van der Waals surface area contributed by atoms with Crippen molar-refractivity contribution in [2.75, 3.05) is 26.3 Å². The fourth-order valence-corrected chi connectivity index (χ4v) is 4.92. The van der Waals surface area contributed by atoms with Crippen LogP contribution in [0.5, 0.6) is 11.5 Å². The van der Waals surface area contributed by atoms with Gasteiger partial charge >= 0.3 is 0 Å². The molecule has 2 aromatic carbocycles. The molecule has 1 N–H and O–H groups in total. The first-order valence-corrected chi connectivity index (χ1v) is 12.1. The molecular formula is C24H22ClN5O3S. The third-order valence-corrected chi connectivity index (χ3v) is 6.70. The smallest absolute Gasteiger partial charge is 0.283 e. The van der Waals surface area contributed by atoms with E-state index < -0.39 is 5.91 Å². The quantitative estimate of drug-likeness (QED) is 0.469. The van der Waals surface area contributed by atoms with E-state index in [0.29, 0.717) is 34.7 Å². The summed E-state index contributed by atoms with van der Waals surface area (Å²) in [6.07, 6.45) is 3.84. The Labute approximate surface area is 206 Å². The van der Waals surface area contributed by atoms with Gasteiger partial charge in [0.1, 0.15) is 24.7 Å². The van der Waals surface area contributed by atoms with Gasteiger partial charge in [-0.15, -0.1) is 5.10 Å². The van der Waals surface area contributed by atoms with Crippen molar-refractivity contribution in [3.63, 3.8) is 0 Å². The van der Waals surface area contributed by atoms with Crippen molar-refractivity contribution in [3.05, 3.63) is 64.7 Å². The average molecular weight is 496 g/mol. The van der Waals surface area contributed by atoms with Crippen molar-refractivity contribution in [2.45, 2.75) is 12.8 Å². The highest BCUT2D eigenvalue weighted by atomic mass is 35.5. The Balaban J connectivity index is 1.25. The van der Waals surface area contributed by atoms with Crippen molar-refractivity contribution >= 4 is 51.5 Å². The van der Waals surface area contributed by atoms with E-state index in [-0.39, 0.29) is 11.4 Å². The summed E-state index contributed by atoms with van der Waals surface area (Å²) in [5.74, 6) is 0.835. The highest BCUT2D eigenvalue weighted by Crippen LogP contribution is 2.32. The van der Waals surface area contributed by atoms with Crippen LogP contribution in [0.2, 0.25) is 5.02 Å². The summed E-state index contributed by atoms with van der Waals surface area (Å²) in [5.41, 5.74) is 0.831. The number of para-hydroxylation sites is 1. The van der Waals surface area contributed by atoms with Gasteiger partial charge in [0, 0.05) is 13.1 Å². The Morgan fingerprint density at radius 3 is 2.59 bits per heavy atom. The van der Waals surface area contributed by atoms with Crippen LogP contribution >= 0.6 is 23.4 Å². The Hall–Kier alpha value is -3.30. The third-order valence-electron chi connectivity index (χ3n) is 5.44. The number of hydrogen-bond donors (Lipinski definition) is 1. The highest BCUT2D eigenvalue weighted by molar-refractivity contribution is 8.26. The number of hydrazone groups is 1. The fraction of sp³-hybridized carbons (Fsp3) is 0.250. The molecule has 0 unspecified atom stereocenters. The summed E-state index contributed by atoms with van der Waals surface area (Å²) in [6.45, 7) is 2.58. The minimum Gasteiger partial charge on any atom is -0.490 e. The number of fused-ring (bicyclic) bond motifs is 1. The molecule has 3 heterocycles. The van der Waals surface area contributed by atoms with Gasteiger partial charge in [-0.2, -0.15) is 10.0 Å². The van der Waals surface area contributed by atoms with Crippen LogP contribution in [0.3, 0.4) is 0 Å². The summed E-state index contributed by atoms with van der Waals surface area (Å²) in [6, 6.07) is 14.7. The molecule has 0 aromatic heterocycles. The van der Waals surface area contributed by atoms with Crippen LogP contribution < -0.4 is 9.47 Å². The number of rotatable bonds is 6. The molecule has 1 saturated heterocycles. The Morgan fingerprint density at radius 2 is 1.82 bits per heavy atom. The minimum atomic E-state index is -0.462. The molecule has 5 rings (SSSR count). The highest BCUT2D eigenvalue weighted by Gasteiger charge is 2.37. The standard InChI is InChI=1S/C24H22ClN5O3S/c25-19-15-16(8-9-20(19)33-13-12-32-17-6-2-1-3-7-17)14-18-21(26)30-23(27-22(18)31)34-24(28-30)29-10-4-5-11-29/h1-3,6-9,14-15,26H,4-5,10-13H2/b18-14-,26-21?. The van der Waals surface area contributed by atoms with E-state index in [1.807, 2.05) is 30.3 Å². The zero-order valence-corrected chi connectivity index (χ0v) is 19.8. The molecule has 0 spiro atoms. The predicted molar refractivity (Wildman–Crippen MR) is 135 cm³/mol. The first kappa shape index (κ1) is 22.5. The summed E-state index contributed by atoms with van der Waals surface area (Å²) in [7, 11) is 0. The van der Waals surface area contributed by atoms with Crippen molar-refractivity contribution in [1.82, 2.24) is 9.91 Å². The fourth-order valence-electron chi connectivity index (χ4n) is 3.74. The van der Waals surface area contributed by atoms with Crippen molar-refractivity contribution in [2.24, 2.45) is 10.1 Å². The first-order valence-electron chi connectivity index (χ1n) is 10.9. The van der Waals surface area contributed by atoms with Gasteiger partial charge in [0.15, 0.2) is 11.0 Å². The van der Waals surface area contributed by atoms with Gasteiger partial charge in [0.05, 0.1) is 10.6 Å². The second-order valence-electron chi connectivity index (χ2n) is 7.80. The topological polar surface area (TPSA) is 90.6 Å². The number of nitrogens with one attached hydrogen (secondary N) is 1. The van der Waals surface area contributed by atoms with Gasteiger partial charge < -0.3 is 14.4 Å². The molecule has 3 aliphatic heterocycles. The van der Waals surface area contributed by atoms with Crippen molar-refractivity contribution in [1.29, 1.82) is 5.41 Å². The number of ether oxygens (including phenoxy) is 2. The Morgan fingerprint density at radius 1 is 1.06 bits per heavy atom. The molecule has 10 heteroatoms. The monoisotopic (exact) mass is 495 g/mol. The third kappa shape index (κ3) is 4.80. The van der Waals surface area contributed by atoms with E-state index in [1.54, 1.807) is 24.3 Å². The molecule has 174 valence electrons. The van der Waals surface area contributed by atoms with Gasteiger partial charge in [-0.25, -0.2) is 0 Å². The number of benzene rings is 2. The van der Waals surface area contributed by atoms with Gasteiger partial charge in [-0.1, -0.05) is 35.9 Å².